The molecule has 0 atom stereocenters. The van der Waals surface area contributed by atoms with Crippen molar-refractivity contribution < 1.29 is 4.79 Å². The summed E-state index contributed by atoms with van der Waals surface area (Å²) in [5, 5.41) is 4.10. The van der Waals surface area contributed by atoms with E-state index < -0.39 is 0 Å². The van der Waals surface area contributed by atoms with Gasteiger partial charge >= 0.3 is 0 Å². The quantitative estimate of drug-likeness (QED) is 0.518. The van der Waals surface area contributed by atoms with Gasteiger partial charge in [-0.25, -0.2) is 0 Å². The van der Waals surface area contributed by atoms with Gasteiger partial charge in [0.1, 0.15) is 0 Å². The smallest absolute Gasteiger partial charge is 0.248 e. The van der Waals surface area contributed by atoms with E-state index in [0.717, 1.165) is 5.75 Å². The third-order valence-corrected chi connectivity index (χ3v) is 4.60. The van der Waals surface area contributed by atoms with Crippen molar-refractivity contribution in [1.29, 1.82) is 0 Å². The molecule has 0 saturated carbocycles. The Balaban J connectivity index is 1.68. The summed E-state index contributed by atoms with van der Waals surface area (Å²) in [5.41, 5.74) is 6.96. The van der Waals surface area contributed by atoms with Crippen molar-refractivity contribution in [1.82, 2.24) is 10.9 Å². The van der Waals surface area contributed by atoms with E-state index in [1.54, 1.807) is 18.2 Å². The van der Waals surface area contributed by atoms with E-state index in [0.29, 0.717) is 21.5 Å². The number of thioether (sulfide) groups is 1. The first-order valence-corrected chi connectivity index (χ1v) is 9.29. The van der Waals surface area contributed by atoms with E-state index in [-0.39, 0.29) is 11.0 Å². The monoisotopic (exact) mass is 399 g/mol. The largest absolute Gasteiger partial charge is 0.330 e. The molecule has 0 aliphatic carbocycles. The molecule has 0 unspecified atom stereocenters. The van der Waals surface area contributed by atoms with Crippen LogP contribution in [0.15, 0.2) is 48.5 Å². The molecule has 8 heteroatoms. The SMILES string of the molecule is O=C(CSCc1ccccc1)NNC(=S)Nc1ccc(Cl)cc1Cl. The molecule has 1 amide bonds. The molecule has 126 valence electrons. The number of hydrazine groups is 1. The van der Waals surface area contributed by atoms with E-state index in [9.17, 15) is 4.79 Å². The zero-order valence-corrected chi connectivity index (χ0v) is 15.7. The van der Waals surface area contributed by atoms with Crippen molar-refractivity contribution in [2.24, 2.45) is 0 Å². The first-order chi connectivity index (χ1) is 11.5. The Morgan fingerprint density at radius 3 is 2.54 bits per heavy atom. The van der Waals surface area contributed by atoms with Crippen LogP contribution in [-0.4, -0.2) is 16.8 Å². The first-order valence-electron chi connectivity index (χ1n) is 6.97. The summed E-state index contributed by atoms with van der Waals surface area (Å²) in [4.78, 5) is 11.8. The molecule has 0 aliphatic rings. The van der Waals surface area contributed by atoms with Gasteiger partial charge in [-0.15, -0.1) is 11.8 Å². The average molecular weight is 400 g/mol. The van der Waals surface area contributed by atoms with Crippen LogP contribution in [0.3, 0.4) is 0 Å². The Morgan fingerprint density at radius 1 is 1.08 bits per heavy atom. The third-order valence-electron chi connectivity index (χ3n) is 2.84. The Kier molecular flexibility index (Phi) is 7.65. The highest BCUT2D eigenvalue weighted by Gasteiger charge is 2.05. The number of carbonyl (C=O) groups is 1. The zero-order valence-electron chi connectivity index (χ0n) is 12.5. The highest BCUT2D eigenvalue weighted by Crippen LogP contribution is 2.25. The Hall–Kier alpha value is -1.47. The van der Waals surface area contributed by atoms with Gasteiger partial charge in [-0.05, 0) is 36.0 Å². The van der Waals surface area contributed by atoms with E-state index >= 15 is 0 Å². The van der Waals surface area contributed by atoms with E-state index in [2.05, 4.69) is 16.2 Å². The molecule has 0 saturated heterocycles. The lowest BCUT2D eigenvalue weighted by Gasteiger charge is -2.12. The number of nitrogens with one attached hydrogen (secondary N) is 3. The molecule has 2 aromatic rings. The van der Waals surface area contributed by atoms with Crippen LogP contribution in [0.25, 0.3) is 0 Å². The number of halogens is 2. The maximum atomic E-state index is 11.8. The van der Waals surface area contributed by atoms with Crippen molar-refractivity contribution >= 4 is 63.9 Å². The molecule has 0 radical (unpaired) electrons. The molecule has 4 nitrogen and oxygen atoms in total. The molecule has 0 fully saturated rings. The fourth-order valence-electron chi connectivity index (χ4n) is 1.74. The van der Waals surface area contributed by atoms with E-state index in [4.69, 9.17) is 35.4 Å². The Labute approximate surface area is 160 Å². The second kappa shape index (κ2) is 9.74. The van der Waals surface area contributed by atoms with Crippen LogP contribution in [0, 0.1) is 0 Å². The summed E-state index contributed by atoms with van der Waals surface area (Å²) in [6.07, 6.45) is 0. The molecule has 0 aliphatic heterocycles. The highest BCUT2D eigenvalue weighted by atomic mass is 35.5. The third kappa shape index (κ3) is 6.57. The topological polar surface area (TPSA) is 53.2 Å². The highest BCUT2D eigenvalue weighted by molar-refractivity contribution is 7.99. The second-order valence-corrected chi connectivity index (χ2v) is 6.97. The van der Waals surface area contributed by atoms with Crippen molar-refractivity contribution in [3.63, 3.8) is 0 Å². The van der Waals surface area contributed by atoms with Crippen molar-refractivity contribution in [3.8, 4) is 0 Å². The predicted octanol–water partition coefficient (Wildman–Crippen LogP) is 4.24. The number of carbonyl (C=O) groups excluding carboxylic acids is 1. The van der Waals surface area contributed by atoms with Crippen LogP contribution in [0.1, 0.15) is 5.56 Å². The van der Waals surface area contributed by atoms with E-state index in [1.807, 2.05) is 30.3 Å². The van der Waals surface area contributed by atoms with Gasteiger partial charge in [0.05, 0.1) is 16.5 Å². The standard InChI is InChI=1S/C16H15Cl2N3OS2/c17-12-6-7-14(13(18)8-12)19-16(23)21-20-15(22)10-24-9-11-4-2-1-3-5-11/h1-8H,9-10H2,(H,20,22)(H2,19,21,23). The normalized spacial score (nSPS) is 10.1. The lowest BCUT2D eigenvalue weighted by Crippen LogP contribution is -2.44. The van der Waals surface area contributed by atoms with Gasteiger partial charge in [0.25, 0.3) is 0 Å². The van der Waals surface area contributed by atoms with Crippen LogP contribution in [0.5, 0.6) is 0 Å². The number of anilines is 1. The molecule has 2 aromatic carbocycles. The average Bonchev–Trinajstić information content (AvgIpc) is 2.56. The molecular weight excluding hydrogens is 385 g/mol. The van der Waals surface area contributed by atoms with Crippen molar-refractivity contribution in [3.05, 3.63) is 64.1 Å². The van der Waals surface area contributed by atoms with Gasteiger partial charge in [0.15, 0.2) is 5.11 Å². The Morgan fingerprint density at radius 2 is 1.83 bits per heavy atom. The van der Waals surface area contributed by atoms with Crippen LogP contribution in [-0.2, 0) is 10.5 Å². The number of benzene rings is 2. The lowest BCUT2D eigenvalue weighted by atomic mass is 10.2. The molecule has 3 N–H and O–H groups in total. The minimum Gasteiger partial charge on any atom is -0.330 e. The summed E-state index contributed by atoms with van der Waals surface area (Å²) >= 11 is 18.5. The maximum Gasteiger partial charge on any atom is 0.248 e. The minimum atomic E-state index is -0.165. The number of thiocarbonyl (C=S) groups is 1. The first kappa shape index (κ1) is 18.9. The fraction of sp³-hybridized carbons (Fsp3) is 0.125. The zero-order chi connectivity index (χ0) is 17.4. The summed E-state index contributed by atoms with van der Waals surface area (Å²) in [7, 11) is 0. The second-order valence-electron chi connectivity index (χ2n) is 4.73. The predicted molar refractivity (Wildman–Crippen MR) is 107 cm³/mol. The van der Waals surface area contributed by atoms with Crippen LogP contribution in [0.2, 0.25) is 10.0 Å². The Bertz CT molecular complexity index is 714. The van der Waals surface area contributed by atoms with Crippen molar-refractivity contribution in [2.45, 2.75) is 5.75 Å². The van der Waals surface area contributed by atoms with Gasteiger partial charge in [0.2, 0.25) is 5.91 Å². The van der Waals surface area contributed by atoms with Crippen LogP contribution < -0.4 is 16.2 Å². The van der Waals surface area contributed by atoms with Gasteiger partial charge in [0, 0.05) is 10.8 Å². The summed E-state index contributed by atoms with van der Waals surface area (Å²) < 4.78 is 0. The molecule has 0 bridgehead atoms. The summed E-state index contributed by atoms with van der Waals surface area (Å²) in [5.74, 6) is 0.936. The number of amides is 1. The molecule has 2 rings (SSSR count). The van der Waals surface area contributed by atoms with Gasteiger partial charge < -0.3 is 5.32 Å². The number of hydrogen-bond donors (Lipinski definition) is 3. The molecular formula is C16H15Cl2N3OS2. The number of rotatable bonds is 5. The van der Waals surface area contributed by atoms with E-state index in [1.165, 1.54) is 17.3 Å². The number of hydrogen-bond acceptors (Lipinski definition) is 3. The lowest BCUT2D eigenvalue weighted by molar-refractivity contribution is -0.119. The van der Waals surface area contributed by atoms with Crippen molar-refractivity contribution in [2.75, 3.05) is 11.1 Å². The van der Waals surface area contributed by atoms with Crippen LogP contribution >= 0.6 is 47.2 Å². The minimum absolute atomic E-state index is 0.165. The maximum absolute atomic E-state index is 11.8. The van der Waals surface area contributed by atoms with Gasteiger partial charge in [-0.1, -0.05) is 53.5 Å². The molecule has 0 spiro atoms. The van der Waals surface area contributed by atoms with Crippen LogP contribution in [0.4, 0.5) is 5.69 Å². The molecule has 24 heavy (non-hydrogen) atoms. The summed E-state index contributed by atoms with van der Waals surface area (Å²) in [6.45, 7) is 0. The summed E-state index contributed by atoms with van der Waals surface area (Å²) in [6, 6.07) is 15.0. The molecule has 0 heterocycles. The molecule has 0 aromatic heterocycles. The fourth-order valence-corrected chi connectivity index (χ4v) is 3.15. The van der Waals surface area contributed by atoms with Gasteiger partial charge in [-0.2, -0.15) is 0 Å². The van der Waals surface area contributed by atoms with Gasteiger partial charge in [-0.3, -0.25) is 15.6 Å².